The van der Waals surface area contributed by atoms with Crippen molar-refractivity contribution in [2.24, 2.45) is 0 Å². The molecule has 0 aliphatic carbocycles. The van der Waals surface area contributed by atoms with Gasteiger partial charge in [0, 0.05) is 18.7 Å². The van der Waals surface area contributed by atoms with Crippen LogP contribution in [0.3, 0.4) is 0 Å². The Hall–Kier alpha value is -3.31. The molecule has 5 nitrogen and oxygen atoms in total. The number of carbonyl (C=O) groups excluding carboxylic acids is 1. The molecule has 2 aromatic carbocycles. The molecular weight excluding hydrogens is 354 g/mol. The van der Waals surface area contributed by atoms with Gasteiger partial charge in [-0.05, 0) is 36.8 Å². The van der Waals surface area contributed by atoms with Gasteiger partial charge in [0.05, 0.1) is 17.4 Å². The number of furan rings is 1. The second kappa shape index (κ2) is 6.69. The monoisotopic (exact) mass is 373 g/mol. The zero-order chi connectivity index (χ0) is 19.1. The maximum atomic E-state index is 12.8. The minimum absolute atomic E-state index is 0.137. The van der Waals surface area contributed by atoms with Crippen LogP contribution in [-0.2, 0) is 6.54 Å². The maximum absolute atomic E-state index is 12.8. The molecule has 1 aromatic heterocycles. The van der Waals surface area contributed by atoms with Gasteiger partial charge in [0.1, 0.15) is 24.0 Å². The summed E-state index contributed by atoms with van der Waals surface area (Å²) >= 11 is 0. The molecule has 0 saturated carbocycles. The molecule has 0 amide bonds. The van der Waals surface area contributed by atoms with Crippen molar-refractivity contribution in [1.29, 1.82) is 0 Å². The molecule has 5 rings (SSSR count). The Morgan fingerprint density at radius 1 is 1.07 bits per heavy atom. The number of carbonyl (C=O) groups is 1. The number of benzene rings is 2. The van der Waals surface area contributed by atoms with Crippen LogP contribution < -0.4 is 9.47 Å². The summed E-state index contributed by atoms with van der Waals surface area (Å²) in [7, 11) is 0. The van der Waals surface area contributed by atoms with Gasteiger partial charge in [-0.1, -0.05) is 30.3 Å². The topological polar surface area (TPSA) is 51.9 Å². The Morgan fingerprint density at radius 3 is 2.71 bits per heavy atom. The fourth-order valence-corrected chi connectivity index (χ4v) is 3.67. The second-order valence-electron chi connectivity index (χ2n) is 6.98. The van der Waals surface area contributed by atoms with Crippen LogP contribution in [0.5, 0.6) is 11.5 Å². The van der Waals surface area contributed by atoms with Gasteiger partial charge in [-0.25, -0.2) is 0 Å². The van der Waals surface area contributed by atoms with Gasteiger partial charge in [-0.3, -0.25) is 9.69 Å². The normalized spacial score (nSPS) is 18.3. The van der Waals surface area contributed by atoms with E-state index < -0.39 is 0 Å². The first-order valence-corrected chi connectivity index (χ1v) is 9.26. The van der Waals surface area contributed by atoms with E-state index in [-0.39, 0.29) is 17.6 Å². The highest BCUT2D eigenvalue weighted by Crippen LogP contribution is 2.43. The fraction of sp³-hybridized carbons (Fsp3) is 0.174. The molecule has 0 N–H and O–H groups in total. The molecule has 0 bridgehead atoms. The van der Waals surface area contributed by atoms with E-state index in [2.05, 4.69) is 24.0 Å². The standard InChI is InChI=1S/C23H19NO4/c1-15(16-6-3-2-4-7-16)24-13-19-20(27-14-24)10-9-18-22(25)21(28-23(18)19)12-17-8-5-11-26-17/h2-12,15H,13-14H2,1H3/b21-12-. The number of allylic oxidation sites excluding steroid dienone is 1. The lowest BCUT2D eigenvalue weighted by Crippen LogP contribution is -2.34. The Morgan fingerprint density at radius 2 is 1.93 bits per heavy atom. The molecule has 0 spiro atoms. The smallest absolute Gasteiger partial charge is 0.232 e. The predicted molar refractivity (Wildman–Crippen MR) is 104 cm³/mol. The number of ether oxygens (including phenoxy) is 2. The molecule has 0 fully saturated rings. The third kappa shape index (κ3) is 2.80. The number of Topliss-reactive ketones (excluding diaryl/α,β-unsaturated/α-hetero) is 1. The van der Waals surface area contributed by atoms with E-state index >= 15 is 0 Å². The van der Waals surface area contributed by atoms with Crippen LogP contribution in [0.2, 0.25) is 0 Å². The molecule has 2 aliphatic heterocycles. The number of fused-ring (bicyclic) bond motifs is 3. The summed E-state index contributed by atoms with van der Waals surface area (Å²) < 4.78 is 17.3. The van der Waals surface area contributed by atoms with Crippen molar-refractivity contribution >= 4 is 11.9 Å². The average Bonchev–Trinajstić information content (AvgIpc) is 3.36. The minimum Gasteiger partial charge on any atom is -0.478 e. The fourth-order valence-electron chi connectivity index (χ4n) is 3.67. The lowest BCUT2D eigenvalue weighted by atomic mass is 10.0. The van der Waals surface area contributed by atoms with Gasteiger partial charge < -0.3 is 13.9 Å². The van der Waals surface area contributed by atoms with Crippen molar-refractivity contribution in [3.05, 3.63) is 89.1 Å². The van der Waals surface area contributed by atoms with Gasteiger partial charge in [0.2, 0.25) is 5.78 Å². The quantitative estimate of drug-likeness (QED) is 0.617. The zero-order valence-corrected chi connectivity index (χ0v) is 15.4. The molecule has 1 atom stereocenters. The molecule has 5 heteroatoms. The number of rotatable bonds is 3. The predicted octanol–water partition coefficient (Wildman–Crippen LogP) is 4.81. The molecule has 1 unspecified atom stereocenters. The largest absolute Gasteiger partial charge is 0.478 e. The van der Waals surface area contributed by atoms with Crippen LogP contribution in [0.15, 0.2) is 71.0 Å². The van der Waals surface area contributed by atoms with Crippen LogP contribution >= 0.6 is 0 Å². The number of hydrogen-bond donors (Lipinski definition) is 0. The molecule has 0 radical (unpaired) electrons. The van der Waals surface area contributed by atoms with Crippen LogP contribution in [0.4, 0.5) is 0 Å². The third-order valence-corrected chi connectivity index (χ3v) is 5.29. The van der Waals surface area contributed by atoms with Gasteiger partial charge in [0.15, 0.2) is 5.76 Å². The molecule has 0 saturated heterocycles. The summed E-state index contributed by atoms with van der Waals surface area (Å²) in [6, 6.07) is 17.7. The summed E-state index contributed by atoms with van der Waals surface area (Å²) in [4.78, 5) is 15.0. The van der Waals surface area contributed by atoms with Crippen LogP contribution in [0.25, 0.3) is 6.08 Å². The SMILES string of the molecule is CC(c1ccccc1)N1COc2ccc3c(c2C1)O/C(=C\c1ccco1)C3=O. The summed E-state index contributed by atoms with van der Waals surface area (Å²) in [6.45, 7) is 3.29. The Bertz CT molecular complexity index is 1050. The van der Waals surface area contributed by atoms with E-state index in [0.717, 1.165) is 11.3 Å². The number of nitrogens with zero attached hydrogens (tertiary/aromatic N) is 1. The zero-order valence-electron chi connectivity index (χ0n) is 15.4. The van der Waals surface area contributed by atoms with Gasteiger partial charge in [-0.2, -0.15) is 0 Å². The van der Waals surface area contributed by atoms with E-state index in [0.29, 0.717) is 30.3 Å². The van der Waals surface area contributed by atoms with Crippen LogP contribution in [-0.4, -0.2) is 17.4 Å². The lowest BCUT2D eigenvalue weighted by molar-refractivity contribution is 0.0606. The molecular formula is C23H19NO4. The second-order valence-corrected chi connectivity index (χ2v) is 6.98. The van der Waals surface area contributed by atoms with Crippen LogP contribution in [0.1, 0.15) is 40.2 Å². The van der Waals surface area contributed by atoms with E-state index in [4.69, 9.17) is 13.9 Å². The van der Waals surface area contributed by atoms with Crippen molar-refractivity contribution in [2.75, 3.05) is 6.73 Å². The first kappa shape index (κ1) is 16.8. The van der Waals surface area contributed by atoms with Crippen molar-refractivity contribution in [3.8, 4) is 11.5 Å². The Labute approximate surface area is 162 Å². The highest BCUT2D eigenvalue weighted by atomic mass is 16.5. The van der Waals surface area contributed by atoms with E-state index in [9.17, 15) is 4.79 Å². The summed E-state index contributed by atoms with van der Waals surface area (Å²) in [5.41, 5.74) is 2.69. The van der Waals surface area contributed by atoms with Crippen molar-refractivity contribution < 1.29 is 18.7 Å². The molecule has 140 valence electrons. The van der Waals surface area contributed by atoms with Gasteiger partial charge in [0.25, 0.3) is 0 Å². The molecule has 28 heavy (non-hydrogen) atoms. The summed E-state index contributed by atoms with van der Waals surface area (Å²) in [5, 5.41) is 0. The van der Waals surface area contributed by atoms with E-state index in [1.165, 1.54) is 5.56 Å². The summed E-state index contributed by atoms with van der Waals surface area (Å²) in [6.07, 6.45) is 3.19. The number of ketones is 1. The Kier molecular flexibility index (Phi) is 4.02. The Balaban J connectivity index is 1.47. The molecule has 3 heterocycles. The molecule has 2 aliphatic rings. The van der Waals surface area contributed by atoms with Crippen molar-refractivity contribution in [1.82, 2.24) is 4.90 Å². The van der Waals surface area contributed by atoms with E-state index in [1.807, 2.05) is 24.3 Å². The maximum Gasteiger partial charge on any atom is 0.232 e. The van der Waals surface area contributed by atoms with Gasteiger partial charge >= 0.3 is 0 Å². The first-order valence-electron chi connectivity index (χ1n) is 9.26. The van der Waals surface area contributed by atoms with Crippen molar-refractivity contribution in [2.45, 2.75) is 19.5 Å². The first-order chi connectivity index (χ1) is 13.7. The van der Waals surface area contributed by atoms with E-state index in [1.54, 1.807) is 30.5 Å². The average molecular weight is 373 g/mol. The van der Waals surface area contributed by atoms with Crippen LogP contribution in [0, 0.1) is 0 Å². The third-order valence-electron chi connectivity index (χ3n) is 5.29. The highest BCUT2D eigenvalue weighted by molar-refractivity contribution is 6.14. The molecule has 3 aromatic rings. The highest BCUT2D eigenvalue weighted by Gasteiger charge is 2.34. The van der Waals surface area contributed by atoms with Gasteiger partial charge in [-0.15, -0.1) is 0 Å². The van der Waals surface area contributed by atoms with Crippen molar-refractivity contribution in [3.63, 3.8) is 0 Å². The lowest BCUT2D eigenvalue weighted by Gasteiger charge is -2.34. The summed E-state index contributed by atoms with van der Waals surface area (Å²) in [5.74, 6) is 2.07. The number of hydrogen-bond acceptors (Lipinski definition) is 5. The minimum atomic E-state index is -0.137.